The van der Waals surface area contributed by atoms with Gasteiger partial charge in [0.05, 0.1) is 0 Å². The van der Waals surface area contributed by atoms with Crippen LogP contribution < -0.4 is 0 Å². The van der Waals surface area contributed by atoms with Crippen LogP contribution >= 0.6 is 0 Å². The highest BCUT2D eigenvalue weighted by Gasteiger charge is 2.19. The Kier molecular flexibility index (Phi) is 55.9. The Morgan fingerprint density at radius 3 is 1.04 bits per heavy atom. The van der Waals surface area contributed by atoms with Crippen LogP contribution in [0.5, 0.6) is 0 Å². The van der Waals surface area contributed by atoms with Gasteiger partial charge in [0.25, 0.3) is 0 Å². The summed E-state index contributed by atoms with van der Waals surface area (Å²) in [5.41, 5.74) is 0. The summed E-state index contributed by atoms with van der Waals surface area (Å²) >= 11 is 0. The van der Waals surface area contributed by atoms with Crippen molar-refractivity contribution in [3.05, 3.63) is 122 Å². The van der Waals surface area contributed by atoms with Crippen LogP contribution in [0.1, 0.15) is 258 Å². The minimum atomic E-state index is -0.818. The van der Waals surface area contributed by atoms with E-state index in [4.69, 9.17) is 14.2 Å². The standard InChI is InChI=1S/C66H108O6/c1-4-7-10-13-16-19-22-25-28-31-33-36-38-41-44-47-50-53-56-59-65(68)71-62-63(61-70-64(67)58-55-52-49-46-43-40-37-34-30-27-24-21-18-15-12-9-6-3)72-66(69)60-57-54-51-48-45-42-39-35-32-29-26-23-20-17-14-11-8-5-2/h9,12,16,18-19,21-23,25-27,29-30,32,35,37,39-40,46,49,63H,4-8,10-11,13-15,17,20,24,28,31,33-34,36,38,41-45,47-48,50-62H2,1-3H3/b12-9-,19-16-,21-18-,25-22-,26-23-,30-27-,32-29-,39-35-,40-37-,49-46-. The third-order valence-electron chi connectivity index (χ3n) is 12.3. The van der Waals surface area contributed by atoms with Crippen LogP contribution in [0.15, 0.2) is 122 Å². The van der Waals surface area contributed by atoms with E-state index in [0.717, 1.165) is 103 Å². The predicted octanol–water partition coefficient (Wildman–Crippen LogP) is 20.0. The van der Waals surface area contributed by atoms with Crippen molar-refractivity contribution in [2.24, 2.45) is 0 Å². The Bertz CT molecular complexity index is 1520. The minimum absolute atomic E-state index is 0.109. The van der Waals surface area contributed by atoms with Crippen LogP contribution in [0.2, 0.25) is 0 Å². The Labute approximate surface area is 443 Å². The maximum Gasteiger partial charge on any atom is 0.306 e. The molecule has 72 heavy (non-hydrogen) atoms. The normalized spacial score (nSPS) is 13.0. The largest absolute Gasteiger partial charge is 0.462 e. The molecule has 0 spiro atoms. The fourth-order valence-electron chi connectivity index (χ4n) is 7.82. The highest BCUT2D eigenvalue weighted by Crippen LogP contribution is 2.14. The number of hydrogen-bond donors (Lipinski definition) is 0. The van der Waals surface area contributed by atoms with Gasteiger partial charge >= 0.3 is 17.9 Å². The molecule has 1 atom stereocenters. The van der Waals surface area contributed by atoms with E-state index in [1.807, 2.05) is 0 Å². The molecule has 0 fully saturated rings. The van der Waals surface area contributed by atoms with E-state index in [9.17, 15) is 14.4 Å². The lowest BCUT2D eigenvalue weighted by atomic mass is 10.1. The van der Waals surface area contributed by atoms with Gasteiger partial charge in [-0.1, -0.05) is 251 Å². The molecular weight excluding hydrogens is 889 g/mol. The van der Waals surface area contributed by atoms with Crippen LogP contribution in [0.4, 0.5) is 0 Å². The molecule has 1 unspecified atom stereocenters. The van der Waals surface area contributed by atoms with E-state index in [-0.39, 0.29) is 44.0 Å². The van der Waals surface area contributed by atoms with Crippen molar-refractivity contribution in [2.75, 3.05) is 13.2 Å². The van der Waals surface area contributed by atoms with Crippen molar-refractivity contribution in [3.8, 4) is 0 Å². The highest BCUT2D eigenvalue weighted by molar-refractivity contribution is 5.71. The van der Waals surface area contributed by atoms with Crippen molar-refractivity contribution in [3.63, 3.8) is 0 Å². The molecule has 0 saturated carbocycles. The molecule has 0 aromatic rings. The second kappa shape index (κ2) is 59.4. The predicted molar refractivity (Wildman–Crippen MR) is 311 cm³/mol. The molecule has 0 amide bonds. The molecular formula is C66H108O6. The summed E-state index contributed by atoms with van der Waals surface area (Å²) in [6.45, 7) is 6.42. The van der Waals surface area contributed by atoms with Gasteiger partial charge in [-0.15, -0.1) is 0 Å². The minimum Gasteiger partial charge on any atom is -0.462 e. The second-order valence-corrected chi connectivity index (χ2v) is 19.3. The molecule has 0 aromatic heterocycles. The first-order valence-electron chi connectivity index (χ1n) is 29.6. The lowest BCUT2D eigenvalue weighted by Gasteiger charge is -2.18. The Morgan fingerprint density at radius 1 is 0.306 bits per heavy atom. The van der Waals surface area contributed by atoms with Gasteiger partial charge in [-0.25, -0.2) is 0 Å². The molecule has 6 heteroatoms. The number of carbonyl (C=O) groups excluding carboxylic acids is 3. The number of esters is 3. The van der Waals surface area contributed by atoms with E-state index in [2.05, 4.69) is 142 Å². The molecule has 0 N–H and O–H groups in total. The molecule has 0 radical (unpaired) electrons. The summed E-state index contributed by atoms with van der Waals surface area (Å²) in [6.07, 6.45) is 81.9. The van der Waals surface area contributed by atoms with Crippen LogP contribution in [0, 0.1) is 0 Å². The molecule has 0 aliphatic carbocycles. The molecule has 0 saturated heterocycles. The van der Waals surface area contributed by atoms with E-state index in [0.29, 0.717) is 12.8 Å². The average Bonchev–Trinajstić information content (AvgIpc) is 3.38. The van der Waals surface area contributed by atoms with E-state index in [1.165, 1.54) is 109 Å². The number of hydrogen-bond acceptors (Lipinski definition) is 6. The molecule has 0 heterocycles. The first-order chi connectivity index (χ1) is 35.5. The van der Waals surface area contributed by atoms with Gasteiger partial charge in [0.1, 0.15) is 13.2 Å². The summed E-state index contributed by atoms with van der Waals surface area (Å²) in [4.78, 5) is 38.2. The maximum absolute atomic E-state index is 12.9. The molecule has 0 bridgehead atoms. The number of unbranched alkanes of at least 4 members (excludes halogenated alkanes) is 24. The summed E-state index contributed by atoms with van der Waals surface area (Å²) in [6, 6.07) is 0. The fraction of sp³-hybridized carbons (Fsp3) is 0.652. The Morgan fingerprint density at radius 2 is 0.611 bits per heavy atom. The van der Waals surface area contributed by atoms with E-state index < -0.39 is 6.10 Å². The van der Waals surface area contributed by atoms with Crippen LogP contribution in [0.3, 0.4) is 0 Å². The molecule has 0 aliphatic heterocycles. The maximum atomic E-state index is 12.9. The highest BCUT2D eigenvalue weighted by atomic mass is 16.6. The van der Waals surface area contributed by atoms with E-state index in [1.54, 1.807) is 0 Å². The molecule has 0 aromatic carbocycles. The molecule has 0 rings (SSSR count). The van der Waals surface area contributed by atoms with Gasteiger partial charge in [-0.3, -0.25) is 14.4 Å². The lowest BCUT2D eigenvalue weighted by Crippen LogP contribution is -2.30. The van der Waals surface area contributed by atoms with Crippen LogP contribution in [-0.4, -0.2) is 37.2 Å². The van der Waals surface area contributed by atoms with Gasteiger partial charge in [-0.05, 0) is 109 Å². The van der Waals surface area contributed by atoms with Gasteiger partial charge in [0.15, 0.2) is 6.10 Å². The Hall–Kier alpha value is -4.19. The average molecular weight is 998 g/mol. The number of carbonyl (C=O) groups is 3. The summed E-state index contributed by atoms with van der Waals surface area (Å²) in [5.74, 6) is -0.992. The molecule has 0 aliphatic rings. The van der Waals surface area contributed by atoms with Crippen molar-refractivity contribution in [1.82, 2.24) is 0 Å². The lowest BCUT2D eigenvalue weighted by molar-refractivity contribution is -0.167. The quantitative estimate of drug-likeness (QED) is 0.0199. The SMILES string of the molecule is CC/C=C\C/C=C\C/C=C\C/C=C\C/C=C\CCCC(=O)OCC(COC(=O)CCCCCCCCCCCC/C=C\C=C/CCCCC)OC(=O)CCCCCCC\C=C/C=C\C=C/CCCCCCC. The van der Waals surface area contributed by atoms with Gasteiger partial charge in [0, 0.05) is 19.3 Å². The molecule has 408 valence electrons. The summed E-state index contributed by atoms with van der Waals surface area (Å²) < 4.78 is 16.8. The second-order valence-electron chi connectivity index (χ2n) is 19.3. The summed E-state index contributed by atoms with van der Waals surface area (Å²) in [7, 11) is 0. The van der Waals surface area contributed by atoms with Crippen LogP contribution in [0.25, 0.3) is 0 Å². The zero-order valence-electron chi connectivity index (χ0n) is 46.7. The third-order valence-corrected chi connectivity index (χ3v) is 12.3. The zero-order chi connectivity index (χ0) is 52.2. The topological polar surface area (TPSA) is 78.9 Å². The van der Waals surface area contributed by atoms with Crippen molar-refractivity contribution in [1.29, 1.82) is 0 Å². The smallest absolute Gasteiger partial charge is 0.306 e. The number of ether oxygens (including phenoxy) is 3. The number of allylic oxidation sites excluding steroid dienone is 20. The van der Waals surface area contributed by atoms with Crippen molar-refractivity contribution >= 4 is 17.9 Å². The first-order valence-corrected chi connectivity index (χ1v) is 29.6. The third kappa shape index (κ3) is 56.7. The summed E-state index contributed by atoms with van der Waals surface area (Å²) in [5, 5.41) is 0. The number of rotatable bonds is 52. The zero-order valence-corrected chi connectivity index (χ0v) is 46.7. The first kappa shape index (κ1) is 67.8. The van der Waals surface area contributed by atoms with Crippen molar-refractivity contribution < 1.29 is 28.6 Å². The van der Waals surface area contributed by atoms with Crippen molar-refractivity contribution in [2.45, 2.75) is 264 Å². The van der Waals surface area contributed by atoms with Gasteiger partial charge < -0.3 is 14.2 Å². The van der Waals surface area contributed by atoms with Gasteiger partial charge in [0.2, 0.25) is 0 Å². The van der Waals surface area contributed by atoms with E-state index >= 15 is 0 Å². The van der Waals surface area contributed by atoms with Gasteiger partial charge in [-0.2, -0.15) is 0 Å². The Balaban J connectivity index is 4.52. The van der Waals surface area contributed by atoms with Crippen LogP contribution in [-0.2, 0) is 28.6 Å². The monoisotopic (exact) mass is 997 g/mol. The molecule has 6 nitrogen and oxygen atoms in total. The fourth-order valence-corrected chi connectivity index (χ4v) is 7.82.